The first kappa shape index (κ1) is 24.2. The van der Waals surface area contributed by atoms with Crippen LogP contribution in [-0.4, -0.2) is 79.1 Å². The molecular weight excluding hydrogens is 456 g/mol. The maximum atomic E-state index is 13.5. The molecule has 3 N–H and O–H groups in total. The zero-order valence-electron chi connectivity index (χ0n) is 19.0. The number of nitrogens with one attached hydrogen (secondary N) is 2. The zero-order valence-corrected chi connectivity index (χ0v) is 19.8. The predicted octanol–water partition coefficient (Wildman–Crippen LogP) is 0.935. The summed E-state index contributed by atoms with van der Waals surface area (Å²) >= 11 is 0. The number of aliphatic imine (C=N–C) groups is 1. The van der Waals surface area contributed by atoms with E-state index in [2.05, 4.69) is 10.3 Å². The summed E-state index contributed by atoms with van der Waals surface area (Å²) in [5.41, 5.74) is 2.38. The van der Waals surface area contributed by atoms with Gasteiger partial charge in [0.1, 0.15) is 5.37 Å². The van der Waals surface area contributed by atoms with E-state index in [4.69, 9.17) is 5.26 Å². The largest absolute Gasteiger partial charge is 0.342 e. The number of nitriles is 1. The molecule has 0 bridgehead atoms. The molecule has 182 valence electrons. The Morgan fingerprint density at radius 1 is 1.21 bits per heavy atom. The van der Waals surface area contributed by atoms with Gasteiger partial charge in [0, 0.05) is 39.1 Å². The molecule has 3 aliphatic rings. The van der Waals surface area contributed by atoms with Crippen molar-refractivity contribution in [2.24, 2.45) is 10.4 Å². The molecule has 1 amide bonds. The van der Waals surface area contributed by atoms with Crippen molar-refractivity contribution in [1.29, 1.82) is 5.26 Å². The summed E-state index contributed by atoms with van der Waals surface area (Å²) in [4.78, 5) is 20.7. The summed E-state index contributed by atoms with van der Waals surface area (Å²) < 4.78 is 27.0. The van der Waals surface area contributed by atoms with Crippen molar-refractivity contribution in [1.82, 2.24) is 20.6 Å². The molecule has 2 fully saturated rings. The number of nitrogens with zero attached hydrogens (tertiary/aromatic N) is 4. The molecule has 0 aliphatic carbocycles. The van der Waals surface area contributed by atoms with Gasteiger partial charge in [0.25, 0.3) is 5.91 Å². The van der Waals surface area contributed by atoms with Gasteiger partial charge in [-0.05, 0) is 30.4 Å². The average Bonchev–Trinajstić information content (AvgIpc) is 2.83. The molecule has 0 radical (unpaired) electrons. The second-order valence-electron chi connectivity index (χ2n) is 9.06. The second kappa shape index (κ2) is 10.1. The number of carbonyl (C=O) groups is 1. The number of hydroxylamine groups is 1. The Hall–Kier alpha value is -2.94. The highest BCUT2D eigenvalue weighted by Crippen LogP contribution is 2.36. The van der Waals surface area contributed by atoms with Crippen LogP contribution in [0.25, 0.3) is 5.57 Å². The Kier molecular flexibility index (Phi) is 7.21. The van der Waals surface area contributed by atoms with E-state index in [1.807, 2.05) is 52.4 Å². The fraction of sp³-hybridized carbons (Fsp3) is 0.522. The Morgan fingerprint density at radius 3 is 2.47 bits per heavy atom. The van der Waals surface area contributed by atoms with Crippen LogP contribution in [0.4, 0.5) is 0 Å². The number of likely N-dealkylation sites (tertiary alicyclic amines) is 2. The third-order valence-electron chi connectivity index (χ3n) is 7.03. The van der Waals surface area contributed by atoms with E-state index in [1.165, 1.54) is 0 Å². The van der Waals surface area contributed by atoms with E-state index < -0.39 is 26.5 Å². The molecule has 34 heavy (non-hydrogen) atoms. The van der Waals surface area contributed by atoms with Crippen molar-refractivity contribution >= 4 is 27.3 Å². The van der Waals surface area contributed by atoms with Crippen molar-refractivity contribution in [2.75, 3.05) is 38.5 Å². The fourth-order valence-electron chi connectivity index (χ4n) is 4.89. The van der Waals surface area contributed by atoms with Crippen LogP contribution >= 0.6 is 0 Å². The maximum absolute atomic E-state index is 13.5. The predicted molar refractivity (Wildman–Crippen MR) is 127 cm³/mol. The van der Waals surface area contributed by atoms with Crippen LogP contribution < -0.4 is 10.8 Å². The maximum Gasteiger partial charge on any atom is 0.250 e. The average molecular weight is 487 g/mol. The van der Waals surface area contributed by atoms with Crippen LogP contribution in [-0.2, 0) is 14.6 Å². The SMILES string of the molecule is N#C/N=C(\N1CCC1)N1CCC(CS(=O)(=O)C2CC(c3ccccc3)=CCN2)(C(=O)NO)CC1. The molecule has 2 saturated heterocycles. The van der Waals surface area contributed by atoms with E-state index in [0.29, 0.717) is 32.0 Å². The molecule has 11 heteroatoms. The van der Waals surface area contributed by atoms with E-state index in [0.717, 1.165) is 30.6 Å². The number of piperidine rings is 1. The molecule has 0 aromatic heterocycles. The van der Waals surface area contributed by atoms with Gasteiger partial charge in [-0.1, -0.05) is 36.4 Å². The van der Waals surface area contributed by atoms with Crippen LogP contribution in [0.2, 0.25) is 0 Å². The molecule has 1 aromatic carbocycles. The van der Waals surface area contributed by atoms with Crippen LogP contribution in [0, 0.1) is 16.9 Å². The van der Waals surface area contributed by atoms with Crippen molar-refractivity contribution in [3.8, 4) is 6.19 Å². The van der Waals surface area contributed by atoms with Crippen LogP contribution in [0.15, 0.2) is 41.4 Å². The van der Waals surface area contributed by atoms with Gasteiger partial charge in [-0.2, -0.15) is 5.26 Å². The van der Waals surface area contributed by atoms with Gasteiger partial charge in [-0.3, -0.25) is 15.3 Å². The monoisotopic (exact) mass is 486 g/mol. The van der Waals surface area contributed by atoms with Gasteiger partial charge < -0.3 is 9.80 Å². The number of rotatable bonds is 5. The summed E-state index contributed by atoms with van der Waals surface area (Å²) in [5.74, 6) is -0.483. The Morgan fingerprint density at radius 2 is 1.88 bits per heavy atom. The van der Waals surface area contributed by atoms with Gasteiger partial charge in [-0.15, -0.1) is 4.99 Å². The summed E-state index contributed by atoms with van der Waals surface area (Å²) in [6.45, 7) is 2.79. The Labute approximate surface area is 199 Å². The standard InChI is InChI=1S/C23H30N6O4S/c24-17-26-22(28-11-4-12-28)29-13-8-23(9-14-29,21(30)27-31)16-34(32,33)20-15-19(7-10-25-20)18-5-2-1-3-6-18/h1-3,5-7,20,25,31H,4,8-16H2,(H,27,30)/b26-22+. The highest BCUT2D eigenvalue weighted by molar-refractivity contribution is 7.92. The highest BCUT2D eigenvalue weighted by Gasteiger charge is 2.47. The Bertz CT molecular complexity index is 1100. The molecule has 10 nitrogen and oxygen atoms in total. The number of benzene rings is 1. The van der Waals surface area contributed by atoms with Gasteiger partial charge >= 0.3 is 0 Å². The molecule has 0 spiro atoms. The normalized spacial score (nSPS) is 22.9. The first-order valence-corrected chi connectivity index (χ1v) is 13.2. The molecule has 3 aliphatic heterocycles. The van der Waals surface area contributed by atoms with E-state index in [1.54, 1.807) is 5.48 Å². The molecule has 1 aromatic rings. The third kappa shape index (κ3) is 4.94. The number of sulfone groups is 1. The van der Waals surface area contributed by atoms with E-state index in [9.17, 15) is 18.4 Å². The molecule has 1 unspecified atom stereocenters. The van der Waals surface area contributed by atoms with Crippen LogP contribution in [0.1, 0.15) is 31.2 Å². The first-order valence-electron chi connectivity index (χ1n) is 11.5. The van der Waals surface area contributed by atoms with E-state index >= 15 is 0 Å². The minimum atomic E-state index is -3.73. The van der Waals surface area contributed by atoms with Crippen molar-refractivity contribution in [3.05, 3.63) is 42.0 Å². The van der Waals surface area contributed by atoms with Crippen molar-refractivity contribution in [2.45, 2.75) is 31.1 Å². The minimum absolute atomic E-state index is 0.227. The fourth-order valence-corrected chi connectivity index (χ4v) is 7.06. The van der Waals surface area contributed by atoms with Gasteiger partial charge in [0.2, 0.25) is 12.2 Å². The first-order chi connectivity index (χ1) is 16.4. The van der Waals surface area contributed by atoms with Gasteiger partial charge in [0.15, 0.2) is 9.84 Å². The second-order valence-corrected chi connectivity index (χ2v) is 11.2. The lowest BCUT2D eigenvalue weighted by molar-refractivity contribution is -0.140. The number of guanidine groups is 1. The number of amides is 1. The topological polar surface area (TPSA) is 138 Å². The summed E-state index contributed by atoms with van der Waals surface area (Å²) in [5, 5.41) is 20.8. The van der Waals surface area contributed by atoms with Crippen molar-refractivity contribution < 1.29 is 18.4 Å². The lowest BCUT2D eigenvalue weighted by atomic mass is 9.79. The quantitative estimate of drug-likeness (QED) is 0.184. The van der Waals surface area contributed by atoms with Crippen LogP contribution in [0.5, 0.6) is 0 Å². The number of hydrogen-bond acceptors (Lipinski definition) is 7. The van der Waals surface area contributed by atoms with E-state index in [-0.39, 0.29) is 18.6 Å². The highest BCUT2D eigenvalue weighted by atomic mass is 32.2. The molecule has 3 heterocycles. The zero-order chi connectivity index (χ0) is 24.2. The van der Waals surface area contributed by atoms with Crippen LogP contribution in [0.3, 0.4) is 0 Å². The lowest BCUT2D eigenvalue weighted by Gasteiger charge is -2.45. The molecule has 4 rings (SSSR count). The smallest absolute Gasteiger partial charge is 0.250 e. The molecular formula is C23H30N6O4S. The number of hydrogen-bond donors (Lipinski definition) is 3. The van der Waals surface area contributed by atoms with Crippen molar-refractivity contribution in [3.63, 3.8) is 0 Å². The Balaban J connectivity index is 1.49. The molecule has 0 saturated carbocycles. The third-order valence-corrected chi connectivity index (χ3v) is 9.19. The van der Waals surface area contributed by atoms with Gasteiger partial charge in [0.05, 0.1) is 11.2 Å². The number of carbonyl (C=O) groups excluding carboxylic acids is 1. The summed E-state index contributed by atoms with van der Waals surface area (Å²) in [7, 11) is -3.73. The minimum Gasteiger partial charge on any atom is -0.342 e. The molecule has 1 atom stereocenters. The summed E-state index contributed by atoms with van der Waals surface area (Å²) in [6.07, 6.45) is 5.62. The summed E-state index contributed by atoms with van der Waals surface area (Å²) in [6, 6.07) is 9.66. The van der Waals surface area contributed by atoms with Gasteiger partial charge in [-0.25, -0.2) is 13.9 Å². The lowest BCUT2D eigenvalue weighted by Crippen LogP contribution is -2.58.